The fourth-order valence-corrected chi connectivity index (χ4v) is 3.92. The number of amides is 1. The molecule has 3 nitrogen and oxygen atoms in total. The van der Waals surface area contributed by atoms with Gasteiger partial charge in [0.15, 0.2) is 0 Å². The lowest BCUT2D eigenvalue weighted by Crippen LogP contribution is -2.24. The van der Waals surface area contributed by atoms with Gasteiger partial charge in [0.2, 0.25) is 5.91 Å². The number of fused-ring (bicyclic) bond motifs is 1. The summed E-state index contributed by atoms with van der Waals surface area (Å²) in [5.74, 6) is 0.533. The highest BCUT2D eigenvalue weighted by atomic mass is 19.4. The molecule has 1 aromatic heterocycles. The fraction of sp³-hybridized carbons (Fsp3) is 0.579. The zero-order valence-corrected chi connectivity index (χ0v) is 14.5. The molecule has 136 valence electrons. The van der Waals surface area contributed by atoms with Crippen LogP contribution < -0.4 is 5.32 Å². The topological polar surface area (TPSA) is 42.0 Å². The first-order valence-corrected chi connectivity index (χ1v) is 8.82. The van der Waals surface area contributed by atoms with Crippen LogP contribution in [0.25, 0.3) is 5.57 Å². The maximum Gasteiger partial charge on any atom is 0.412 e. The molecule has 1 N–H and O–H groups in total. The van der Waals surface area contributed by atoms with Crippen molar-refractivity contribution in [2.24, 2.45) is 17.8 Å². The molecule has 0 radical (unpaired) electrons. The summed E-state index contributed by atoms with van der Waals surface area (Å²) in [6.45, 7) is 3.54. The van der Waals surface area contributed by atoms with Gasteiger partial charge in [0.1, 0.15) is 5.82 Å². The van der Waals surface area contributed by atoms with E-state index in [0.29, 0.717) is 29.3 Å². The Morgan fingerprint density at radius 3 is 2.44 bits per heavy atom. The Bertz CT molecular complexity index is 677. The van der Waals surface area contributed by atoms with Gasteiger partial charge >= 0.3 is 6.18 Å². The Labute approximate surface area is 145 Å². The van der Waals surface area contributed by atoms with Crippen molar-refractivity contribution < 1.29 is 18.0 Å². The molecule has 2 aliphatic carbocycles. The molecule has 0 saturated heterocycles. The third kappa shape index (κ3) is 3.88. The molecular formula is C19H23F3N2O. The van der Waals surface area contributed by atoms with Crippen LogP contribution in [-0.2, 0) is 4.79 Å². The summed E-state index contributed by atoms with van der Waals surface area (Å²) in [5.41, 5.74) is 0.501. The Kier molecular flexibility index (Phi) is 4.89. The van der Waals surface area contributed by atoms with E-state index in [2.05, 4.69) is 10.3 Å². The number of rotatable bonds is 3. The Morgan fingerprint density at radius 1 is 1.20 bits per heavy atom. The highest BCUT2D eigenvalue weighted by Crippen LogP contribution is 2.51. The number of hydrogen-bond acceptors (Lipinski definition) is 2. The number of aromatic nitrogens is 1. The molecule has 0 bridgehead atoms. The molecule has 6 heteroatoms. The number of pyridine rings is 1. The summed E-state index contributed by atoms with van der Waals surface area (Å²) >= 11 is 0. The summed E-state index contributed by atoms with van der Waals surface area (Å²) in [5, 5.41) is 2.66. The van der Waals surface area contributed by atoms with Crippen molar-refractivity contribution in [1.29, 1.82) is 0 Å². The predicted molar refractivity (Wildman–Crippen MR) is 90.7 cm³/mol. The van der Waals surface area contributed by atoms with Crippen molar-refractivity contribution in [3.05, 3.63) is 29.5 Å². The molecule has 2 aliphatic rings. The number of carbonyl (C=O) groups excluding carboxylic acids is 1. The average Bonchev–Trinajstić information content (AvgIpc) is 3.01. The van der Waals surface area contributed by atoms with Crippen LogP contribution in [0.4, 0.5) is 19.0 Å². The molecule has 1 saturated carbocycles. The van der Waals surface area contributed by atoms with E-state index in [1.165, 1.54) is 6.20 Å². The Hall–Kier alpha value is -1.85. The predicted octanol–water partition coefficient (Wildman–Crippen LogP) is 5.20. The number of hydrogen-bond donors (Lipinski definition) is 1. The maximum atomic E-state index is 13.5. The molecule has 1 fully saturated rings. The molecule has 2 atom stereocenters. The fourth-order valence-electron chi connectivity index (χ4n) is 3.92. The number of anilines is 1. The van der Waals surface area contributed by atoms with Crippen molar-refractivity contribution in [2.45, 2.75) is 52.1 Å². The van der Waals surface area contributed by atoms with Crippen LogP contribution in [0.2, 0.25) is 0 Å². The Morgan fingerprint density at radius 2 is 1.88 bits per heavy atom. The zero-order valence-electron chi connectivity index (χ0n) is 14.5. The van der Waals surface area contributed by atoms with Crippen LogP contribution >= 0.6 is 0 Å². The van der Waals surface area contributed by atoms with Gasteiger partial charge in [-0.05, 0) is 60.8 Å². The van der Waals surface area contributed by atoms with Crippen molar-refractivity contribution in [3.8, 4) is 0 Å². The van der Waals surface area contributed by atoms with Crippen molar-refractivity contribution in [2.75, 3.05) is 5.32 Å². The van der Waals surface area contributed by atoms with E-state index in [0.717, 1.165) is 19.3 Å². The van der Waals surface area contributed by atoms with Crippen LogP contribution in [0.3, 0.4) is 0 Å². The molecule has 25 heavy (non-hydrogen) atoms. The smallest absolute Gasteiger partial charge is 0.310 e. The lowest BCUT2D eigenvalue weighted by molar-refractivity contribution is -0.118. The summed E-state index contributed by atoms with van der Waals surface area (Å²) in [7, 11) is 0. The van der Waals surface area contributed by atoms with Crippen LogP contribution in [0.5, 0.6) is 0 Å². The van der Waals surface area contributed by atoms with E-state index in [9.17, 15) is 18.0 Å². The van der Waals surface area contributed by atoms with Gasteiger partial charge in [-0.25, -0.2) is 4.98 Å². The second kappa shape index (κ2) is 6.81. The number of allylic oxidation sites excluding steroid dienone is 2. The largest absolute Gasteiger partial charge is 0.412 e. The van der Waals surface area contributed by atoms with Crippen molar-refractivity contribution in [1.82, 2.24) is 4.98 Å². The van der Waals surface area contributed by atoms with Crippen LogP contribution in [0.15, 0.2) is 23.9 Å². The van der Waals surface area contributed by atoms with Crippen LogP contribution in [0, 0.1) is 17.8 Å². The number of halogens is 3. The van der Waals surface area contributed by atoms with Crippen molar-refractivity contribution in [3.63, 3.8) is 0 Å². The molecule has 0 aromatic carbocycles. The normalized spacial score (nSPS) is 23.8. The van der Waals surface area contributed by atoms with E-state index >= 15 is 0 Å². The monoisotopic (exact) mass is 352 g/mol. The minimum Gasteiger partial charge on any atom is -0.310 e. The summed E-state index contributed by atoms with van der Waals surface area (Å²) in [6.07, 6.45) is 0.672. The van der Waals surface area contributed by atoms with Gasteiger partial charge in [0, 0.05) is 17.7 Å². The number of alkyl halides is 3. The second-order valence-electron chi connectivity index (χ2n) is 7.39. The van der Waals surface area contributed by atoms with Gasteiger partial charge < -0.3 is 5.32 Å². The highest BCUT2D eigenvalue weighted by molar-refractivity contribution is 5.91. The molecule has 1 aromatic rings. The van der Waals surface area contributed by atoms with Gasteiger partial charge in [0.05, 0.1) is 0 Å². The van der Waals surface area contributed by atoms with E-state index < -0.39 is 11.7 Å². The van der Waals surface area contributed by atoms with E-state index in [1.54, 1.807) is 26.0 Å². The lowest BCUT2D eigenvalue weighted by Gasteiger charge is -2.31. The van der Waals surface area contributed by atoms with Gasteiger partial charge in [-0.1, -0.05) is 20.3 Å². The summed E-state index contributed by atoms with van der Waals surface area (Å²) in [4.78, 5) is 15.8. The Balaban J connectivity index is 1.88. The third-order valence-electron chi connectivity index (χ3n) is 5.34. The van der Waals surface area contributed by atoms with Crippen LogP contribution in [0.1, 0.15) is 51.5 Å². The standard InChI is InChI=1S/C19H23F3N2O/c1-11(2)18(25)24-17-7-6-14(10-23-17)15-8-12-4-3-5-13(12)9-16(15)19(20,21)22/h6-7,10-13H,3-5,8-9H2,1-2H3,(H,23,24,25). The minimum absolute atomic E-state index is 0.120. The zero-order chi connectivity index (χ0) is 18.2. The quantitative estimate of drug-likeness (QED) is 0.812. The molecule has 0 spiro atoms. The van der Waals surface area contributed by atoms with Crippen LogP contribution in [-0.4, -0.2) is 17.1 Å². The first kappa shape index (κ1) is 18.0. The average molecular weight is 352 g/mol. The number of nitrogens with one attached hydrogen (secondary N) is 1. The summed E-state index contributed by atoms with van der Waals surface area (Å²) in [6, 6.07) is 3.22. The lowest BCUT2D eigenvalue weighted by atomic mass is 9.76. The molecule has 0 aliphatic heterocycles. The maximum absolute atomic E-state index is 13.5. The van der Waals surface area contributed by atoms with E-state index in [4.69, 9.17) is 0 Å². The van der Waals surface area contributed by atoms with Gasteiger partial charge in [-0.2, -0.15) is 13.2 Å². The molecule has 2 unspecified atom stereocenters. The van der Waals surface area contributed by atoms with Gasteiger partial charge in [-0.15, -0.1) is 0 Å². The number of carbonyl (C=O) groups is 1. The van der Waals surface area contributed by atoms with Crippen molar-refractivity contribution >= 4 is 17.3 Å². The molecule has 3 rings (SSSR count). The van der Waals surface area contributed by atoms with E-state index in [1.807, 2.05) is 0 Å². The summed E-state index contributed by atoms with van der Waals surface area (Å²) < 4.78 is 40.6. The first-order chi connectivity index (χ1) is 11.8. The third-order valence-corrected chi connectivity index (χ3v) is 5.34. The first-order valence-electron chi connectivity index (χ1n) is 8.82. The second-order valence-corrected chi connectivity index (χ2v) is 7.39. The van der Waals surface area contributed by atoms with E-state index in [-0.39, 0.29) is 24.2 Å². The molecule has 1 heterocycles. The highest BCUT2D eigenvalue weighted by Gasteiger charge is 2.43. The van der Waals surface area contributed by atoms with Gasteiger partial charge in [-0.3, -0.25) is 4.79 Å². The minimum atomic E-state index is -4.30. The molecule has 1 amide bonds. The number of nitrogens with zero attached hydrogens (tertiary/aromatic N) is 1. The SMILES string of the molecule is CC(C)C(=O)Nc1ccc(C2=C(C(F)(F)F)CC3CCCC3C2)cn1. The van der Waals surface area contributed by atoms with Gasteiger partial charge in [0.25, 0.3) is 0 Å². The molecular weight excluding hydrogens is 329 g/mol.